The summed E-state index contributed by atoms with van der Waals surface area (Å²) in [4.78, 5) is 10.9. The molecule has 0 saturated heterocycles. The predicted octanol–water partition coefficient (Wildman–Crippen LogP) is 6.21. The molecule has 0 saturated carbocycles. The summed E-state index contributed by atoms with van der Waals surface area (Å²) in [7, 11) is 0. The Labute approximate surface area is 184 Å². The Morgan fingerprint density at radius 1 is 0.931 bits per heavy atom. The van der Waals surface area contributed by atoms with Crippen LogP contribution in [0.1, 0.15) is 27.0 Å². The molecule has 0 aliphatic heterocycles. The van der Waals surface area contributed by atoms with Crippen LogP contribution < -0.4 is 10.1 Å². The molecular weight excluding hydrogens is 433 g/mol. The number of carboxylic acids is 1. The van der Waals surface area contributed by atoms with Crippen LogP contribution in [0.15, 0.2) is 60.7 Å². The minimum atomic E-state index is -0.941. The van der Waals surface area contributed by atoms with Crippen LogP contribution in [0.25, 0.3) is 0 Å². The minimum absolute atomic E-state index is 0.240. The van der Waals surface area contributed by atoms with Gasteiger partial charge in [-0.25, -0.2) is 4.79 Å². The van der Waals surface area contributed by atoms with E-state index in [0.717, 1.165) is 16.7 Å². The molecule has 0 bridgehead atoms. The van der Waals surface area contributed by atoms with Crippen LogP contribution in [0.5, 0.6) is 5.75 Å². The van der Waals surface area contributed by atoms with Gasteiger partial charge in [0.1, 0.15) is 12.4 Å². The Morgan fingerprint density at radius 3 is 2.28 bits per heavy atom. The number of rotatable bonds is 8. The standard InChI is InChI=1S/C22H18Cl3NO3/c23-17-8-9-21(29-13-18-19(24)2-1-3-20(18)25)16(10-17)12-26-11-14-4-6-15(7-5-14)22(27)28/h1-10,26H,11-13H2,(H,27,28). The van der Waals surface area contributed by atoms with E-state index in [4.69, 9.17) is 44.6 Å². The summed E-state index contributed by atoms with van der Waals surface area (Å²) in [5.74, 6) is -0.261. The zero-order valence-corrected chi connectivity index (χ0v) is 17.6. The largest absolute Gasteiger partial charge is 0.488 e. The van der Waals surface area contributed by atoms with E-state index in [2.05, 4.69) is 5.32 Å². The lowest BCUT2D eigenvalue weighted by Gasteiger charge is -2.14. The molecule has 0 atom stereocenters. The quantitative estimate of drug-likeness (QED) is 0.428. The fourth-order valence-electron chi connectivity index (χ4n) is 2.75. The fourth-order valence-corrected chi connectivity index (χ4v) is 3.46. The molecule has 0 amide bonds. The molecule has 0 aromatic heterocycles. The molecule has 0 spiro atoms. The second-order valence-electron chi connectivity index (χ2n) is 6.35. The molecule has 3 aromatic rings. The summed E-state index contributed by atoms with van der Waals surface area (Å²) < 4.78 is 5.95. The second kappa shape index (κ2) is 9.99. The van der Waals surface area contributed by atoms with Gasteiger partial charge in [-0.05, 0) is 48.0 Å². The van der Waals surface area contributed by atoms with E-state index in [1.54, 1.807) is 48.5 Å². The molecule has 0 unspecified atom stereocenters. The Kier molecular flexibility index (Phi) is 7.40. The average Bonchev–Trinajstić information content (AvgIpc) is 2.69. The molecule has 3 aromatic carbocycles. The topological polar surface area (TPSA) is 58.6 Å². The van der Waals surface area contributed by atoms with Gasteiger partial charge in [-0.2, -0.15) is 0 Å². The smallest absolute Gasteiger partial charge is 0.335 e. The molecule has 4 nitrogen and oxygen atoms in total. The summed E-state index contributed by atoms with van der Waals surface area (Å²) >= 11 is 18.6. The Hall–Kier alpha value is -2.24. The third kappa shape index (κ3) is 5.87. The van der Waals surface area contributed by atoms with E-state index in [1.807, 2.05) is 12.1 Å². The van der Waals surface area contributed by atoms with Crippen molar-refractivity contribution in [3.8, 4) is 5.75 Å². The van der Waals surface area contributed by atoms with Crippen LogP contribution in [0.4, 0.5) is 0 Å². The summed E-state index contributed by atoms with van der Waals surface area (Å²) in [6.45, 7) is 1.33. The van der Waals surface area contributed by atoms with Crippen LogP contribution in [-0.4, -0.2) is 11.1 Å². The maximum atomic E-state index is 10.9. The highest BCUT2D eigenvalue weighted by atomic mass is 35.5. The van der Waals surface area contributed by atoms with Crippen molar-refractivity contribution in [3.63, 3.8) is 0 Å². The van der Waals surface area contributed by atoms with Crippen molar-refractivity contribution in [3.05, 3.63) is 98.0 Å². The first kappa shape index (κ1) is 21.5. The van der Waals surface area contributed by atoms with Crippen LogP contribution in [0, 0.1) is 0 Å². The molecule has 2 N–H and O–H groups in total. The van der Waals surface area contributed by atoms with E-state index in [0.29, 0.717) is 33.9 Å². The monoisotopic (exact) mass is 449 g/mol. The Balaban J connectivity index is 1.64. The van der Waals surface area contributed by atoms with Crippen molar-refractivity contribution in [2.45, 2.75) is 19.7 Å². The lowest BCUT2D eigenvalue weighted by Crippen LogP contribution is -2.14. The first-order chi connectivity index (χ1) is 13.9. The molecule has 0 heterocycles. The van der Waals surface area contributed by atoms with E-state index in [1.165, 1.54) is 0 Å². The van der Waals surface area contributed by atoms with E-state index in [9.17, 15) is 4.79 Å². The van der Waals surface area contributed by atoms with Crippen molar-refractivity contribution in [1.29, 1.82) is 0 Å². The summed E-state index contributed by atoms with van der Waals surface area (Å²) in [6, 6.07) is 17.5. The van der Waals surface area contributed by atoms with Gasteiger partial charge >= 0.3 is 5.97 Å². The summed E-state index contributed by atoms with van der Waals surface area (Å²) in [5.41, 5.74) is 2.85. The van der Waals surface area contributed by atoms with Crippen molar-refractivity contribution in [2.75, 3.05) is 0 Å². The number of nitrogens with one attached hydrogen (secondary N) is 1. The average molecular weight is 451 g/mol. The molecule has 0 fully saturated rings. The van der Waals surface area contributed by atoms with Crippen molar-refractivity contribution >= 4 is 40.8 Å². The maximum Gasteiger partial charge on any atom is 0.335 e. The minimum Gasteiger partial charge on any atom is -0.488 e. The van der Waals surface area contributed by atoms with Gasteiger partial charge in [-0.1, -0.05) is 53.0 Å². The normalized spacial score (nSPS) is 10.7. The highest BCUT2D eigenvalue weighted by Crippen LogP contribution is 2.28. The molecule has 7 heteroatoms. The molecule has 150 valence electrons. The first-order valence-corrected chi connectivity index (χ1v) is 9.94. The van der Waals surface area contributed by atoms with Crippen LogP contribution in [0.3, 0.4) is 0 Å². The lowest BCUT2D eigenvalue weighted by atomic mass is 10.1. The third-order valence-electron chi connectivity index (χ3n) is 4.30. The Bertz CT molecular complexity index is 986. The van der Waals surface area contributed by atoms with Crippen molar-refractivity contribution in [1.82, 2.24) is 5.32 Å². The van der Waals surface area contributed by atoms with Crippen LogP contribution >= 0.6 is 34.8 Å². The van der Waals surface area contributed by atoms with Gasteiger partial charge in [-0.3, -0.25) is 0 Å². The number of carboxylic acid groups (broad SMARTS) is 1. The molecule has 3 rings (SSSR count). The number of hydrogen-bond acceptors (Lipinski definition) is 3. The van der Waals surface area contributed by atoms with Gasteiger partial charge in [0.25, 0.3) is 0 Å². The molecule has 0 radical (unpaired) electrons. The SMILES string of the molecule is O=C(O)c1ccc(CNCc2cc(Cl)ccc2OCc2c(Cl)cccc2Cl)cc1. The zero-order valence-electron chi connectivity index (χ0n) is 15.3. The van der Waals surface area contributed by atoms with Gasteiger partial charge in [0.15, 0.2) is 0 Å². The second-order valence-corrected chi connectivity index (χ2v) is 7.60. The number of carbonyl (C=O) groups is 1. The number of benzene rings is 3. The van der Waals surface area contributed by atoms with Gasteiger partial charge in [0.05, 0.1) is 5.56 Å². The van der Waals surface area contributed by atoms with Gasteiger partial charge in [0.2, 0.25) is 0 Å². The third-order valence-corrected chi connectivity index (χ3v) is 5.25. The molecule has 29 heavy (non-hydrogen) atoms. The number of hydrogen-bond donors (Lipinski definition) is 2. The maximum absolute atomic E-state index is 10.9. The molecule has 0 aliphatic carbocycles. The highest BCUT2D eigenvalue weighted by Gasteiger charge is 2.10. The van der Waals surface area contributed by atoms with Crippen molar-refractivity contribution < 1.29 is 14.6 Å². The van der Waals surface area contributed by atoms with E-state index < -0.39 is 5.97 Å². The number of aromatic carboxylic acids is 1. The zero-order chi connectivity index (χ0) is 20.8. The van der Waals surface area contributed by atoms with Crippen LogP contribution in [0.2, 0.25) is 15.1 Å². The summed E-state index contributed by atoms with van der Waals surface area (Å²) in [5, 5.41) is 14.0. The molecular formula is C22H18Cl3NO3. The predicted molar refractivity (Wildman–Crippen MR) is 116 cm³/mol. The highest BCUT2D eigenvalue weighted by molar-refractivity contribution is 6.36. The number of halogens is 3. The van der Waals surface area contributed by atoms with Crippen molar-refractivity contribution in [2.24, 2.45) is 0 Å². The van der Waals surface area contributed by atoms with Gasteiger partial charge in [-0.15, -0.1) is 0 Å². The van der Waals surface area contributed by atoms with E-state index >= 15 is 0 Å². The van der Waals surface area contributed by atoms with Gasteiger partial charge in [0, 0.05) is 39.3 Å². The lowest BCUT2D eigenvalue weighted by molar-refractivity contribution is 0.0697. The van der Waals surface area contributed by atoms with E-state index in [-0.39, 0.29) is 12.2 Å². The van der Waals surface area contributed by atoms with Crippen LogP contribution in [-0.2, 0) is 19.7 Å². The summed E-state index contributed by atoms with van der Waals surface area (Å²) in [6.07, 6.45) is 0. The first-order valence-electron chi connectivity index (χ1n) is 8.81. The Morgan fingerprint density at radius 2 is 1.62 bits per heavy atom. The number of ether oxygens (including phenoxy) is 1. The van der Waals surface area contributed by atoms with Gasteiger partial charge < -0.3 is 15.2 Å². The molecule has 0 aliphatic rings. The fraction of sp³-hybridized carbons (Fsp3) is 0.136.